The molecule has 0 unspecified atom stereocenters. The van der Waals surface area contributed by atoms with E-state index in [1.165, 1.54) is 0 Å². The fraction of sp³-hybridized carbons (Fsp3) is 0.379. The number of methoxy groups -OCH3 is 1. The van der Waals surface area contributed by atoms with Crippen LogP contribution < -0.4 is 15.0 Å². The van der Waals surface area contributed by atoms with Gasteiger partial charge >= 0.3 is 0 Å². The quantitative estimate of drug-likeness (QED) is 0.301. The Morgan fingerprint density at radius 1 is 1.00 bits per heavy atom. The van der Waals surface area contributed by atoms with Gasteiger partial charge in [0, 0.05) is 74.0 Å². The number of nitrogens with zero attached hydrogens (tertiary/aromatic N) is 5. The average Bonchev–Trinajstić information content (AvgIpc) is 3.39. The molecule has 0 aliphatic carbocycles. The highest BCUT2D eigenvalue weighted by atomic mass is 35.5. The van der Waals surface area contributed by atoms with Gasteiger partial charge in [0.2, 0.25) is 5.95 Å². The highest BCUT2D eigenvalue weighted by Crippen LogP contribution is 2.39. The van der Waals surface area contributed by atoms with Gasteiger partial charge in [-0.1, -0.05) is 41.4 Å². The van der Waals surface area contributed by atoms with Gasteiger partial charge in [-0.25, -0.2) is 9.97 Å². The molecule has 0 atom stereocenters. The zero-order valence-electron chi connectivity index (χ0n) is 22.3. The number of H-pyrrole nitrogens is 1. The van der Waals surface area contributed by atoms with Crippen molar-refractivity contribution >= 4 is 51.4 Å². The highest BCUT2D eigenvalue weighted by Gasteiger charge is 2.28. The van der Waals surface area contributed by atoms with Gasteiger partial charge in [-0.15, -0.1) is 0 Å². The molecule has 204 valence electrons. The van der Waals surface area contributed by atoms with Crippen molar-refractivity contribution in [3.63, 3.8) is 0 Å². The Bertz CT molecular complexity index is 1460. The smallest absolute Gasteiger partial charge is 0.227 e. The molecule has 0 amide bonds. The van der Waals surface area contributed by atoms with E-state index in [1.54, 1.807) is 13.3 Å². The monoisotopic (exact) mass is 565 g/mol. The summed E-state index contributed by atoms with van der Waals surface area (Å²) < 4.78 is 5.77. The van der Waals surface area contributed by atoms with Crippen LogP contribution in [0.1, 0.15) is 12.8 Å². The number of halogens is 2. The van der Waals surface area contributed by atoms with Crippen LogP contribution in [-0.2, 0) is 0 Å². The summed E-state index contributed by atoms with van der Waals surface area (Å²) in [7, 11) is 3.87. The number of piperidine rings is 1. The van der Waals surface area contributed by atoms with E-state index < -0.39 is 0 Å². The van der Waals surface area contributed by atoms with E-state index in [0.717, 1.165) is 74.3 Å². The molecule has 39 heavy (non-hydrogen) atoms. The van der Waals surface area contributed by atoms with Crippen molar-refractivity contribution < 1.29 is 4.74 Å². The average molecular weight is 567 g/mol. The number of benzene rings is 2. The maximum absolute atomic E-state index is 6.84. The Labute approximate surface area is 238 Å². The molecule has 2 aliphatic rings. The molecule has 2 aliphatic heterocycles. The molecule has 2 N–H and O–H groups in total. The van der Waals surface area contributed by atoms with E-state index in [4.69, 9.17) is 32.9 Å². The van der Waals surface area contributed by atoms with E-state index >= 15 is 0 Å². The number of ether oxygens (including phenoxy) is 1. The van der Waals surface area contributed by atoms with Crippen LogP contribution in [0.5, 0.6) is 5.75 Å². The zero-order chi connectivity index (χ0) is 26.9. The lowest BCUT2D eigenvalue weighted by Gasteiger charge is -2.42. The van der Waals surface area contributed by atoms with Gasteiger partial charge in [-0.2, -0.15) is 0 Å². The summed E-state index contributed by atoms with van der Waals surface area (Å²) in [5, 5.41) is 5.49. The van der Waals surface area contributed by atoms with Crippen molar-refractivity contribution in [2.45, 2.75) is 18.9 Å². The van der Waals surface area contributed by atoms with Crippen molar-refractivity contribution in [3.05, 3.63) is 58.8 Å². The van der Waals surface area contributed by atoms with E-state index in [1.807, 2.05) is 42.6 Å². The predicted octanol–water partition coefficient (Wildman–Crippen LogP) is 5.90. The number of aromatic amines is 1. The second kappa shape index (κ2) is 11.2. The van der Waals surface area contributed by atoms with Crippen LogP contribution in [0.4, 0.5) is 17.3 Å². The van der Waals surface area contributed by atoms with Crippen LogP contribution in [-0.4, -0.2) is 84.2 Å². The molecule has 2 fully saturated rings. The molecule has 2 aromatic carbocycles. The SMILES string of the molecule is COc1cc(N2CCC(N3CCN(C)CC3)CC2)c(Cl)cc1Nc1ncc(Cl)c(-c2c[nH]c3ccccc23)n1. The van der Waals surface area contributed by atoms with Crippen molar-refractivity contribution in [1.82, 2.24) is 24.8 Å². The second-order valence-electron chi connectivity index (χ2n) is 10.3. The molecular weight excluding hydrogens is 533 g/mol. The number of hydrogen-bond acceptors (Lipinski definition) is 7. The summed E-state index contributed by atoms with van der Waals surface area (Å²) in [5.74, 6) is 1.09. The fourth-order valence-electron chi connectivity index (χ4n) is 5.71. The minimum Gasteiger partial charge on any atom is -0.494 e. The number of rotatable bonds is 6. The van der Waals surface area contributed by atoms with Gasteiger partial charge in [0.15, 0.2) is 0 Å². The van der Waals surface area contributed by atoms with Gasteiger partial charge in [0.05, 0.1) is 40.4 Å². The molecule has 6 rings (SSSR count). The normalized spacial score (nSPS) is 17.6. The summed E-state index contributed by atoms with van der Waals surface area (Å²) in [5.41, 5.74) is 4.28. The number of likely N-dealkylation sites (N-methyl/N-ethyl adjacent to an activating group) is 1. The van der Waals surface area contributed by atoms with Gasteiger partial charge in [0.25, 0.3) is 0 Å². The summed E-state index contributed by atoms with van der Waals surface area (Å²) in [6.07, 6.45) is 5.80. The number of aromatic nitrogens is 3. The zero-order valence-corrected chi connectivity index (χ0v) is 23.8. The van der Waals surface area contributed by atoms with Crippen LogP contribution in [0, 0.1) is 0 Å². The van der Waals surface area contributed by atoms with Crippen LogP contribution in [0.25, 0.3) is 22.2 Å². The molecule has 4 aromatic rings. The maximum Gasteiger partial charge on any atom is 0.227 e. The lowest BCUT2D eigenvalue weighted by molar-refractivity contribution is 0.0982. The minimum atomic E-state index is 0.412. The lowest BCUT2D eigenvalue weighted by Crippen LogP contribution is -2.52. The Hall–Kier alpha value is -3.04. The largest absolute Gasteiger partial charge is 0.494 e. The number of nitrogens with one attached hydrogen (secondary N) is 2. The van der Waals surface area contributed by atoms with Gasteiger partial charge in [-0.05, 0) is 32.0 Å². The molecule has 0 radical (unpaired) electrons. The molecule has 0 saturated carbocycles. The van der Waals surface area contributed by atoms with E-state index in [2.05, 4.69) is 37.0 Å². The first-order valence-corrected chi connectivity index (χ1v) is 14.2. The maximum atomic E-state index is 6.84. The molecule has 0 bridgehead atoms. The Morgan fingerprint density at radius 2 is 1.77 bits per heavy atom. The van der Waals surface area contributed by atoms with Crippen molar-refractivity contribution in [3.8, 4) is 17.0 Å². The number of anilines is 3. The lowest BCUT2D eigenvalue weighted by atomic mass is 10.0. The Morgan fingerprint density at radius 3 is 2.54 bits per heavy atom. The summed E-state index contributed by atoms with van der Waals surface area (Å²) in [6.45, 7) is 6.56. The molecular formula is C29H33Cl2N7O. The fourth-order valence-corrected chi connectivity index (χ4v) is 6.19. The van der Waals surface area contributed by atoms with Gasteiger partial charge < -0.3 is 24.8 Å². The first kappa shape index (κ1) is 26.2. The summed E-state index contributed by atoms with van der Waals surface area (Å²) in [6, 6.07) is 12.6. The number of piperazine rings is 1. The highest BCUT2D eigenvalue weighted by molar-refractivity contribution is 6.34. The standard InChI is InChI=1S/C29H33Cl2N7O/c1-36-11-13-37(14-12-36)19-7-9-38(10-8-19)26-16-27(39-2)25(15-22(26)30)34-29-33-18-23(31)28(35-29)21-17-32-24-6-4-3-5-20(21)24/h3-6,15-19,32H,7-14H2,1-2H3,(H,33,34,35). The summed E-state index contributed by atoms with van der Waals surface area (Å²) in [4.78, 5) is 19.9. The van der Waals surface area contributed by atoms with Crippen LogP contribution >= 0.6 is 23.2 Å². The van der Waals surface area contributed by atoms with Gasteiger partial charge in [-0.3, -0.25) is 4.90 Å². The van der Waals surface area contributed by atoms with Crippen molar-refractivity contribution in [2.24, 2.45) is 0 Å². The molecule has 4 heterocycles. The molecule has 0 spiro atoms. The third-order valence-corrected chi connectivity index (χ3v) is 8.54. The van der Waals surface area contributed by atoms with Crippen LogP contribution in [0.3, 0.4) is 0 Å². The summed E-state index contributed by atoms with van der Waals surface area (Å²) >= 11 is 13.4. The third-order valence-electron chi connectivity index (χ3n) is 7.96. The molecule has 10 heteroatoms. The molecule has 2 saturated heterocycles. The first-order valence-electron chi connectivity index (χ1n) is 13.4. The third kappa shape index (κ3) is 5.39. The van der Waals surface area contributed by atoms with Crippen LogP contribution in [0.2, 0.25) is 10.0 Å². The minimum absolute atomic E-state index is 0.412. The predicted molar refractivity (Wildman–Crippen MR) is 160 cm³/mol. The topological polar surface area (TPSA) is 72.6 Å². The second-order valence-corrected chi connectivity index (χ2v) is 11.1. The van der Waals surface area contributed by atoms with Crippen molar-refractivity contribution in [1.29, 1.82) is 0 Å². The first-order chi connectivity index (χ1) is 19.0. The van der Waals surface area contributed by atoms with E-state index in [-0.39, 0.29) is 0 Å². The Kier molecular flexibility index (Phi) is 7.53. The number of para-hydroxylation sites is 1. The van der Waals surface area contributed by atoms with E-state index in [9.17, 15) is 0 Å². The molecule has 8 nitrogen and oxygen atoms in total. The Balaban J connectivity index is 1.20. The number of hydrogen-bond donors (Lipinski definition) is 2. The molecule has 2 aromatic heterocycles. The number of fused-ring (bicyclic) bond motifs is 1. The van der Waals surface area contributed by atoms with Crippen molar-refractivity contribution in [2.75, 3.05) is 63.6 Å². The van der Waals surface area contributed by atoms with E-state index in [0.29, 0.717) is 39.2 Å². The van der Waals surface area contributed by atoms with Gasteiger partial charge in [0.1, 0.15) is 5.75 Å². The van der Waals surface area contributed by atoms with Crippen LogP contribution in [0.15, 0.2) is 48.8 Å².